The van der Waals surface area contributed by atoms with Crippen molar-refractivity contribution in [2.24, 2.45) is 5.92 Å². The minimum Gasteiger partial charge on any atom is -0.316 e. The molecule has 2 heterocycles. The lowest BCUT2D eigenvalue weighted by atomic mass is 9.89. The molecule has 3 nitrogen and oxygen atoms in total. The van der Waals surface area contributed by atoms with E-state index in [2.05, 4.69) is 29.3 Å². The third-order valence-corrected chi connectivity index (χ3v) is 5.01. The van der Waals surface area contributed by atoms with Crippen LogP contribution in [0.5, 0.6) is 0 Å². The molecule has 1 fully saturated rings. The van der Waals surface area contributed by atoms with Gasteiger partial charge < -0.3 is 5.32 Å². The van der Waals surface area contributed by atoms with Gasteiger partial charge in [0, 0.05) is 12.7 Å². The minimum atomic E-state index is 0. The van der Waals surface area contributed by atoms with Crippen LogP contribution in [-0.2, 0) is 6.42 Å². The summed E-state index contributed by atoms with van der Waals surface area (Å²) >= 11 is 0. The molecule has 0 bridgehead atoms. The van der Waals surface area contributed by atoms with E-state index in [1.165, 1.54) is 76.0 Å². The number of nitrogens with zero attached hydrogens (tertiary/aromatic N) is 2. The summed E-state index contributed by atoms with van der Waals surface area (Å²) in [6.07, 6.45) is 9.74. The zero-order valence-electron chi connectivity index (χ0n) is 13.8. The smallest absolute Gasteiger partial charge is 0.0607 e. The molecule has 0 aromatic carbocycles. The lowest BCUT2D eigenvalue weighted by Gasteiger charge is -2.38. The zero-order valence-corrected chi connectivity index (χ0v) is 14.6. The first-order valence-corrected chi connectivity index (χ1v) is 8.77. The lowest BCUT2D eigenvalue weighted by molar-refractivity contribution is 0.137. The molecule has 2 atom stereocenters. The Hall–Kier alpha value is -0.640. The highest BCUT2D eigenvalue weighted by atomic mass is 35.5. The van der Waals surface area contributed by atoms with E-state index in [-0.39, 0.29) is 12.4 Å². The van der Waals surface area contributed by atoms with Gasteiger partial charge in [0.2, 0.25) is 0 Å². The highest BCUT2D eigenvalue weighted by molar-refractivity contribution is 5.85. The Bertz CT molecular complexity index is 446. The third kappa shape index (κ3) is 4.21. The van der Waals surface area contributed by atoms with E-state index in [1.807, 2.05) is 6.20 Å². The van der Waals surface area contributed by atoms with Crippen LogP contribution in [0.15, 0.2) is 18.3 Å². The molecule has 0 spiro atoms. The average Bonchev–Trinajstić information content (AvgIpc) is 2.55. The number of halogens is 1. The molecule has 1 aromatic rings. The van der Waals surface area contributed by atoms with Crippen LogP contribution in [0.3, 0.4) is 0 Å². The van der Waals surface area contributed by atoms with Gasteiger partial charge in [-0.15, -0.1) is 12.4 Å². The van der Waals surface area contributed by atoms with Gasteiger partial charge in [0.15, 0.2) is 0 Å². The van der Waals surface area contributed by atoms with E-state index in [9.17, 15) is 0 Å². The molecule has 2 unspecified atom stereocenters. The molecule has 4 heteroatoms. The number of rotatable bonds is 5. The summed E-state index contributed by atoms with van der Waals surface area (Å²) in [5, 5.41) is 3.56. The van der Waals surface area contributed by atoms with Crippen LogP contribution in [0.1, 0.15) is 56.3 Å². The van der Waals surface area contributed by atoms with Crippen LogP contribution in [0.2, 0.25) is 0 Å². The maximum Gasteiger partial charge on any atom is 0.0607 e. The van der Waals surface area contributed by atoms with Crippen molar-refractivity contribution in [2.45, 2.75) is 51.5 Å². The van der Waals surface area contributed by atoms with Gasteiger partial charge in [-0.3, -0.25) is 9.88 Å². The molecule has 22 heavy (non-hydrogen) atoms. The first-order valence-electron chi connectivity index (χ1n) is 8.77. The Morgan fingerprint density at radius 2 is 2.23 bits per heavy atom. The quantitative estimate of drug-likeness (QED) is 0.897. The van der Waals surface area contributed by atoms with Gasteiger partial charge in [-0.2, -0.15) is 0 Å². The standard InChI is InChI=1S/C18H29N3.ClH/c1-2-12-21(14-15-6-4-10-19-13-15)17-9-3-7-16-8-5-11-20-18(16)17;/h5,8,11,15,17,19H,2-4,6-7,9-10,12-14H2,1H3;1H. The molecule has 1 aromatic heterocycles. The van der Waals surface area contributed by atoms with Crippen molar-refractivity contribution in [2.75, 3.05) is 26.2 Å². The summed E-state index contributed by atoms with van der Waals surface area (Å²) in [7, 11) is 0. The van der Waals surface area contributed by atoms with E-state index in [1.54, 1.807) is 0 Å². The summed E-state index contributed by atoms with van der Waals surface area (Å²) in [4.78, 5) is 7.46. The van der Waals surface area contributed by atoms with Crippen LogP contribution >= 0.6 is 12.4 Å². The predicted octanol–water partition coefficient (Wildman–Crippen LogP) is 3.59. The van der Waals surface area contributed by atoms with Crippen molar-refractivity contribution >= 4 is 12.4 Å². The highest BCUT2D eigenvalue weighted by Gasteiger charge is 2.28. The molecule has 3 rings (SSSR count). The Labute approximate surface area is 141 Å². The van der Waals surface area contributed by atoms with Gasteiger partial charge in [0.05, 0.1) is 11.7 Å². The lowest BCUT2D eigenvalue weighted by Crippen LogP contribution is -2.41. The van der Waals surface area contributed by atoms with Crippen molar-refractivity contribution in [3.63, 3.8) is 0 Å². The second kappa shape index (κ2) is 8.85. The summed E-state index contributed by atoms with van der Waals surface area (Å²) in [5.74, 6) is 0.819. The maximum absolute atomic E-state index is 4.74. The van der Waals surface area contributed by atoms with Crippen LogP contribution in [0.25, 0.3) is 0 Å². The van der Waals surface area contributed by atoms with E-state index in [0.717, 1.165) is 5.92 Å². The number of hydrogen-bond donors (Lipinski definition) is 1. The topological polar surface area (TPSA) is 28.2 Å². The molecule has 1 aliphatic heterocycles. The van der Waals surface area contributed by atoms with Gasteiger partial charge in [-0.05, 0) is 75.7 Å². The Morgan fingerprint density at radius 1 is 1.32 bits per heavy atom. The number of pyridine rings is 1. The number of fused-ring (bicyclic) bond motifs is 1. The number of aryl methyl sites for hydroxylation is 1. The number of hydrogen-bond acceptors (Lipinski definition) is 3. The van der Waals surface area contributed by atoms with Crippen molar-refractivity contribution < 1.29 is 0 Å². The average molecular weight is 324 g/mol. The van der Waals surface area contributed by atoms with E-state index in [0.29, 0.717) is 6.04 Å². The summed E-state index contributed by atoms with van der Waals surface area (Å²) in [5.41, 5.74) is 2.84. The molecule has 124 valence electrons. The van der Waals surface area contributed by atoms with E-state index >= 15 is 0 Å². The Kier molecular flexibility index (Phi) is 7.13. The molecule has 1 saturated heterocycles. The van der Waals surface area contributed by atoms with E-state index in [4.69, 9.17) is 4.98 Å². The fraction of sp³-hybridized carbons (Fsp3) is 0.722. The maximum atomic E-state index is 4.74. The first kappa shape index (κ1) is 17.7. The number of aromatic nitrogens is 1. The first-order chi connectivity index (χ1) is 10.4. The van der Waals surface area contributed by atoms with Gasteiger partial charge in [0.25, 0.3) is 0 Å². The van der Waals surface area contributed by atoms with Gasteiger partial charge in [0.1, 0.15) is 0 Å². The predicted molar refractivity (Wildman–Crippen MR) is 94.6 cm³/mol. The van der Waals surface area contributed by atoms with Crippen LogP contribution < -0.4 is 5.32 Å². The van der Waals surface area contributed by atoms with Gasteiger partial charge in [-0.1, -0.05) is 13.0 Å². The van der Waals surface area contributed by atoms with Gasteiger partial charge in [-0.25, -0.2) is 0 Å². The second-order valence-corrected chi connectivity index (χ2v) is 6.66. The third-order valence-electron chi connectivity index (χ3n) is 5.01. The molecule has 0 saturated carbocycles. The molecule has 1 N–H and O–H groups in total. The fourth-order valence-corrected chi connectivity index (χ4v) is 4.01. The van der Waals surface area contributed by atoms with Crippen LogP contribution in [-0.4, -0.2) is 36.1 Å². The molecule has 2 aliphatic rings. The fourth-order valence-electron chi connectivity index (χ4n) is 4.01. The normalized spacial score (nSPS) is 24.6. The number of nitrogens with one attached hydrogen (secondary N) is 1. The van der Waals surface area contributed by atoms with Crippen LogP contribution in [0.4, 0.5) is 0 Å². The molecule has 0 amide bonds. The van der Waals surface area contributed by atoms with Crippen molar-refractivity contribution in [3.05, 3.63) is 29.6 Å². The molecule has 0 radical (unpaired) electrons. The summed E-state index contributed by atoms with van der Waals surface area (Å²) in [6.45, 7) is 7.15. The van der Waals surface area contributed by atoms with Crippen LogP contribution in [0, 0.1) is 5.92 Å². The molecular formula is C18H30ClN3. The zero-order chi connectivity index (χ0) is 14.5. The Morgan fingerprint density at radius 3 is 3.00 bits per heavy atom. The summed E-state index contributed by atoms with van der Waals surface area (Å²) < 4.78 is 0. The second-order valence-electron chi connectivity index (χ2n) is 6.66. The molecular weight excluding hydrogens is 294 g/mol. The SMILES string of the molecule is CCCN(CC1CCCNC1)C1CCCc2cccnc21.Cl. The van der Waals surface area contributed by atoms with Crippen molar-refractivity contribution in [1.82, 2.24) is 15.2 Å². The van der Waals surface area contributed by atoms with E-state index < -0.39 is 0 Å². The summed E-state index contributed by atoms with van der Waals surface area (Å²) in [6, 6.07) is 4.92. The van der Waals surface area contributed by atoms with Crippen molar-refractivity contribution in [1.29, 1.82) is 0 Å². The largest absolute Gasteiger partial charge is 0.316 e. The minimum absolute atomic E-state index is 0. The van der Waals surface area contributed by atoms with Gasteiger partial charge >= 0.3 is 0 Å². The highest BCUT2D eigenvalue weighted by Crippen LogP contribution is 2.33. The van der Waals surface area contributed by atoms with Crippen molar-refractivity contribution in [3.8, 4) is 0 Å². The Balaban J connectivity index is 0.00000176. The number of piperidine rings is 1. The monoisotopic (exact) mass is 323 g/mol. The molecule has 1 aliphatic carbocycles.